The van der Waals surface area contributed by atoms with Gasteiger partial charge >= 0.3 is 0 Å². The van der Waals surface area contributed by atoms with Crippen LogP contribution in [0.3, 0.4) is 0 Å². The molecule has 100 valence electrons. The standard InChI is InChI=1S/C12H19N3O3/c1-3-18-11-7-8(13-14-11)12(17)15(2)9-5-4-6-10(9)16/h7,9-10,16H,3-6H2,1-2H3,(H,13,14)/t9-,10-/m1/s1. The van der Waals surface area contributed by atoms with Gasteiger partial charge in [-0.2, -0.15) is 0 Å². The minimum absolute atomic E-state index is 0.101. The van der Waals surface area contributed by atoms with E-state index < -0.39 is 6.10 Å². The molecule has 0 saturated heterocycles. The van der Waals surface area contributed by atoms with E-state index in [1.165, 1.54) is 0 Å². The molecular weight excluding hydrogens is 234 g/mol. The molecule has 0 bridgehead atoms. The average molecular weight is 253 g/mol. The van der Waals surface area contributed by atoms with Crippen molar-refractivity contribution in [3.63, 3.8) is 0 Å². The summed E-state index contributed by atoms with van der Waals surface area (Å²) in [4.78, 5) is 13.8. The van der Waals surface area contributed by atoms with Crippen molar-refractivity contribution in [3.05, 3.63) is 11.8 Å². The van der Waals surface area contributed by atoms with Gasteiger partial charge in [-0.3, -0.25) is 9.89 Å². The number of H-pyrrole nitrogens is 1. The summed E-state index contributed by atoms with van der Waals surface area (Å²) in [5.41, 5.74) is 0.389. The number of aromatic amines is 1. The van der Waals surface area contributed by atoms with Crippen LogP contribution in [0, 0.1) is 0 Å². The van der Waals surface area contributed by atoms with E-state index in [1.807, 2.05) is 6.92 Å². The van der Waals surface area contributed by atoms with E-state index in [0.29, 0.717) is 18.2 Å². The largest absolute Gasteiger partial charge is 0.477 e. The lowest BCUT2D eigenvalue weighted by Crippen LogP contribution is -2.41. The zero-order valence-corrected chi connectivity index (χ0v) is 10.7. The summed E-state index contributed by atoms with van der Waals surface area (Å²) in [6.45, 7) is 2.37. The maximum atomic E-state index is 12.2. The van der Waals surface area contributed by atoms with Gasteiger partial charge in [-0.15, -0.1) is 5.10 Å². The Bertz CT molecular complexity index is 418. The van der Waals surface area contributed by atoms with Gasteiger partial charge in [0.1, 0.15) is 5.69 Å². The molecule has 0 aliphatic heterocycles. The minimum Gasteiger partial charge on any atom is -0.477 e. The molecule has 6 nitrogen and oxygen atoms in total. The number of hydrogen-bond acceptors (Lipinski definition) is 4. The number of nitrogens with zero attached hydrogens (tertiary/aromatic N) is 2. The summed E-state index contributed by atoms with van der Waals surface area (Å²) in [5, 5.41) is 16.4. The van der Waals surface area contributed by atoms with Gasteiger partial charge in [-0.05, 0) is 26.2 Å². The van der Waals surface area contributed by atoms with Crippen molar-refractivity contribution in [2.75, 3.05) is 13.7 Å². The Hall–Kier alpha value is -1.56. The zero-order valence-electron chi connectivity index (χ0n) is 10.7. The average Bonchev–Trinajstić information content (AvgIpc) is 2.97. The molecular formula is C12H19N3O3. The molecule has 1 saturated carbocycles. The van der Waals surface area contributed by atoms with E-state index in [2.05, 4.69) is 10.2 Å². The molecule has 1 heterocycles. The molecule has 0 spiro atoms. The monoisotopic (exact) mass is 253 g/mol. The third kappa shape index (κ3) is 2.48. The van der Waals surface area contributed by atoms with Crippen LogP contribution in [-0.2, 0) is 0 Å². The quantitative estimate of drug-likeness (QED) is 0.831. The maximum absolute atomic E-state index is 12.2. The Morgan fingerprint density at radius 3 is 3.06 bits per heavy atom. The second kappa shape index (κ2) is 5.39. The third-order valence-electron chi connectivity index (χ3n) is 3.34. The summed E-state index contributed by atoms with van der Waals surface area (Å²) in [7, 11) is 1.71. The number of ether oxygens (including phenoxy) is 1. The topological polar surface area (TPSA) is 78.5 Å². The molecule has 18 heavy (non-hydrogen) atoms. The van der Waals surface area contributed by atoms with E-state index in [9.17, 15) is 9.90 Å². The van der Waals surface area contributed by atoms with Crippen molar-refractivity contribution in [1.29, 1.82) is 0 Å². The Kier molecular flexibility index (Phi) is 3.86. The van der Waals surface area contributed by atoms with Crippen LogP contribution in [0.2, 0.25) is 0 Å². The number of hydrogen-bond donors (Lipinski definition) is 2. The first-order valence-electron chi connectivity index (χ1n) is 6.27. The summed E-state index contributed by atoms with van der Waals surface area (Å²) in [6.07, 6.45) is 2.13. The van der Waals surface area contributed by atoms with E-state index in [0.717, 1.165) is 19.3 Å². The number of carbonyl (C=O) groups is 1. The van der Waals surface area contributed by atoms with Crippen LogP contribution in [-0.4, -0.2) is 51.9 Å². The second-order valence-electron chi connectivity index (χ2n) is 4.53. The van der Waals surface area contributed by atoms with Gasteiger partial charge in [0.25, 0.3) is 5.91 Å². The number of amides is 1. The summed E-state index contributed by atoms with van der Waals surface area (Å²) < 4.78 is 5.20. The van der Waals surface area contributed by atoms with Gasteiger partial charge in [0.05, 0.1) is 18.8 Å². The van der Waals surface area contributed by atoms with Gasteiger partial charge in [0, 0.05) is 13.1 Å². The van der Waals surface area contributed by atoms with Crippen LogP contribution in [0.5, 0.6) is 5.88 Å². The molecule has 0 aromatic carbocycles. The lowest BCUT2D eigenvalue weighted by Gasteiger charge is -2.26. The molecule has 1 fully saturated rings. The summed E-state index contributed by atoms with van der Waals surface area (Å²) >= 11 is 0. The van der Waals surface area contributed by atoms with Crippen molar-refractivity contribution in [2.24, 2.45) is 0 Å². The first kappa shape index (κ1) is 12.9. The molecule has 6 heteroatoms. The highest BCUT2D eigenvalue weighted by molar-refractivity contribution is 5.92. The Morgan fingerprint density at radius 2 is 2.44 bits per heavy atom. The molecule has 2 atom stereocenters. The van der Waals surface area contributed by atoms with Crippen LogP contribution in [0.4, 0.5) is 0 Å². The Balaban J connectivity index is 2.05. The Morgan fingerprint density at radius 1 is 1.67 bits per heavy atom. The van der Waals surface area contributed by atoms with E-state index in [-0.39, 0.29) is 11.9 Å². The highest BCUT2D eigenvalue weighted by atomic mass is 16.5. The predicted molar refractivity (Wildman–Crippen MR) is 65.5 cm³/mol. The van der Waals surface area contributed by atoms with E-state index >= 15 is 0 Å². The summed E-state index contributed by atoms with van der Waals surface area (Å²) in [6, 6.07) is 1.49. The normalized spacial score (nSPS) is 23.1. The van der Waals surface area contributed by atoms with Crippen molar-refractivity contribution < 1.29 is 14.6 Å². The lowest BCUT2D eigenvalue weighted by atomic mass is 10.2. The van der Waals surface area contributed by atoms with Crippen molar-refractivity contribution in [3.8, 4) is 5.88 Å². The highest BCUT2D eigenvalue weighted by Gasteiger charge is 2.32. The Labute approximate surface area is 106 Å². The van der Waals surface area contributed by atoms with Gasteiger partial charge in [0.15, 0.2) is 0 Å². The molecule has 0 radical (unpaired) electrons. The van der Waals surface area contributed by atoms with E-state index in [4.69, 9.17) is 4.74 Å². The molecule has 1 aliphatic rings. The van der Waals surface area contributed by atoms with Gasteiger partial charge in [0.2, 0.25) is 5.88 Å². The molecule has 0 unspecified atom stereocenters. The van der Waals surface area contributed by atoms with Gasteiger partial charge in [-0.1, -0.05) is 0 Å². The van der Waals surface area contributed by atoms with Crippen molar-refractivity contribution in [1.82, 2.24) is 15.1 Å². The number of aromatic nitrogens is 2. The fourth-order valence-corrected chi connectivity index (χ4v) is 2.35. The fourth-order valence-electron chi connectivity index (χ4n) is 2.35. The van der Waals surface area contributed by atoms with Crippen LogP contribution in [0.25, 0.3) is 0 Å². The summed E-state index contributed by atoms with van der Waals surface area (Å²) in [5.74, 6) is 0.251. The van der Waals surface area contributed by atoms with Crippen LogP contribution < -0.4 is 4.74 Å². The first-order valence-corrected chi connectivity index (χ1v) is 6.27. The molecule has 1 aromatic heterocycles. The predicted octanol–water partition coefficient (Wildman–Crippen LogP) is 0.794. The van der Waals surface area contributed by atoms with Crippen molar-refractivity contribution >= 4 is 5.91 Å². The van der Waals surface area contributed by atoms with E-state index in [1.54, 1.807) is 18.0 Å². The number of carbonyl (C=O) groups excluding carboxylic acids is 1. The van der Waals surface area contributed by atoms with Crippen molar-refractivity contribution in [2.45, 2.75) is 38.3 Å². The van der Waals surface area contributed by atoms with Crippen LogP contribution in [0.1, 0.15) is 36.7 Å². The van der Waals surface area contributed by atoms with Gasteiger partial charge < -0.3 is 14.7 Å². The number of likely N-dealkylation sites (N-methyl/N-ethyl adjacent to an activating group) is 1. The number of rotatable bonds is 4. The molecule has 1 aromatic rings. The van der Waals surface area contributed by atoms with Gasteiger partial charge in [-0.25, -0.2) is 0 Å². The van der Waals surface area contributed by atoms with Crippen LogP contribution in [0.15, 0.2) is 6.07 Å². The third-order valence-corrected chi connectivity index (χ3v) is 3.34. The maximum Gasteiger partial charge on any atom is 0.272 e. The fraction of sp³-hybridized carbons (Fsp3) is 0.667. The number of aliphatic hydroxyl groups is 1. The highest BCUT2D eigenvalue weighted by Crippen LogP contribution is 2.24. The minimum atomic E-state index is -0.423. The number of nitrogens with one attached hydrogen (secondary N) is 1. The first-order chi connectivity index (χ1) is 8.63. The molecule has 2 rings (SSSR count). The second-order valence-corrected chi connectivity index (χ2v) is 4.53. The SMILES string of the molecule is CCOc1cc(C(=O)N(C)[C@@H]2CCC[C@H]2O)[nH]n1. The molecule has 1 aliphatic carbocycles. The number of aliphatic hydroxyl groups excluding tert-OH is 1. The lowest BCUT2D eigenvalue weighted by molar-refractivity contribution is 0.0533. The van der Waals surface area contributed by atoms with Crippen LogP contribution >= 0.6 is 0 Å². The molecule has 2 N–H and O–H groups in total. The zero-order chi connectivity index (χ0) is 13.1. The molecule has 1 amide bonds. The smallest absolute Gasteiger partial charge is 0.272 e.